The quantitative estimate of drug-likeness (QED) is 0.818. The van der Waals surface area contributed by atoms with Crippen LogP contribution in [-0.2, 0) is 0 Å². The lowest BCUT2D eigenvalue weighted by Crippen LogP contribution is -2.13. The summed E-state index contributed by atoms with van der Waals surface area (Å²) >= 11 is 5.96. The molecule has 0 saturated heterocycles. The zero-order valence-corrected chi connectivity index (χ0v) is 12.5. The van der Waals surface area contributed by atoms with E-state index in [2.05, 4.69) is 5.32 Å². The molecule has 104 valence electrons. The molecule has 3 nitrogen and oxygen atoms in total. The molecular weight excluding hydrogens is 272 g/mol. The number of nitrogens with one attached hydrogen (secondary N) is 1. The second-order valence-electron chi connectivity index (χ2n) is 4.94. The Kier molecular flexibility index (Phi) is 4.00. The van der Waals surface area contributed by atoms with Crippen molar-refractivity contribution in [2.45, 2.75) is 20.8 Å². The topological polar surface area (TPSA) is 55.1 Å². The molecule has 2 rings (SSSR count). The molecule has 0 heterocycles. The molecular formula is C16H17ClN2O. The van der Waals surface area contributed by atoms with Crippen LogP contribution in [-0.4, -0.2) is 5.91 Å². The van der Waals surface area contributed by atoms with E-state index in [4.69, 9.17) is 17.3 Å². The number of halogens is 1. The van der Waals surface area contributed by atoms with Gasteiger partial charge in [-0.3, -0.25) is 4.79 Å². The number of rotatable bonds is 2. The highest BCUT2D eigenvalue weighted by atomic mass is 35.5. The van der Waals surface area contributed by atoms with Crippen LogP contribution >= 0.6 is 11.6 Å². The van der Waals surface area contributed by atoms with Crippen molar-refractivity contribution < 1.29 is 4.79 Å². The van der Waals surface area contributed by atoms with Gasteiger partial charge in [-0.1, -0.05) is 17.7 Å². The first-order valence-corrected chi connectivity index (χ1v) is 6.70. The minimum absolute atomic E-state index is 0.170. The Morgan fingerprint density at radius 1 is 1.05 bits per heavy atom. The van der Waals surface area contributed by atoms with Crippen LogP contribution in [0.5, 0.6) is 0 Å². The normalized spacial score (nSPS) is 10.4. The van der Waals surface area contributed by atoms with Gasteiger partial charge in [0.2, 0.25) is 0 Å². The van der Waals surface area contributed by atoms with Gasteiger partial charge in [0.05, 0.1) is 0 Å². The summed E-state index contributed by atoms with van der Waals surface area (Å²) in [5.74, 6) is -0.170. The summed E-state index contributed by atoms with van der Waals surface area (Å²) in [7, 11) is 0. The van der Waals surface area contributed by atoms with Crippen molar-refractivity contribution in [1.82, 2.24) is 0 Å². The van der Waals surface area contributed by atoms with Crippen molar-refractivity contribution >= 4 is 28.9 Å². The largest absolute Gasteiger partial charge is 0.398 e. The van der Waals surface area contributed by atoms with Gasteiger partial charge in [-0.15, -0.1) is 0 Å². The number of anilines is 2. The number of benzene rings is 2. The summed E-state index contributed by atoms with van der Waals surface area (Å²) in [6.45, 7) is 5.75. The monoisotopic (exact) mass is 288 g/mol. The predicted molar refractivity (Wildman–Crippen MR) is 84.5 cm³/mol. The van der Waals surface area contributed by atoms with Crippen molar-refractivity contribution in [2.75, 3.05) is 11.1 Å². The van der Waals surface area contributed by atoms with Crippen molar-refractivity contribution in [3.8, 4) is 0 Å². The zero-order valence-electron chi connectivity index (χ0n) is 11.8. The maximum Gasteiger partial charge on any atom is 0.255 e. The highest BCUT2D eigenvalue weighted by molar-refractivity contribution is 6.31. The molecule has 0 atom stereocenters. The van der Waals surface area contributed by atoms with Gasteiger partial charge >= 0.3 is 0 Å². The first-order valence-electron chi connectivity index (χ1n) is 6.32. The Hall–Kier alpha value is -2.00. The number of amides is 1. The Balaban J connectivity index is 2.27. The lowest BCUT2D eigenvalue weighted by molar-refractivity contribution is 0.102. The van der Waals surface area contributed by atoms with Crippen LogP contribution in [0, 0.1) is 20.8 Å². The van der Waals surface area contributed by atoms with Gasteiger partial charge in [0.1, 0.15) is 0 Å². The fourth-order valence-electron chi connectivity index (χ4n) is 1.98. The number of nitrogen functional groups attached to an aromatic ring is 1. The zero-order chi connectivity index (χ0) is 14.9. The number of hydrogen-bond acceptors (Lipinski definition) is 2. The van der Waals surface area contributed by atoms with Crippen LogP contribution in [0.25, 0.3) is 0 Å². The summed E-state index contributed by atoms with van der Waals surface area (Å²) in [5.41, 5.74) is 10.7. The molecule has 0 fully saturated rings. The number of carbonyl (C=O) groups is 1. The first kappa shape index (κ1) is 14.4. The van der Waals surface area contributed by atoms with E-state index in [9.17, 15) is 4.79 Å². The van der Waals surface area contributed by atoms with Gasteiger partial charge in [-0.2, -0.15) is 0 Å². The van der Waals surface area contributed by atoms with E-state index in [0.717, 1.165) is 22.4 Å². The van der Waals surface area contributed by atoms with E-state index < -0.39 is 0 Å². The highest BCUT2D eigenvalue weighted by Gasteiger charge is 2.10. The number of hydrogen-bond donors (Lipinski definition) is 2. The smallest absolute Gasteiger partial charge is 0.255 e. The molecule has 2 aromatic carbocycles. The van der Waals surface area contributed by atoms with Crippen LogP contribution in [0.4, 0.5) is 11.4 Å². The molecule has 1 amide bonds. The third-order valence-corrected chi connectivity index (χ3v) is 3.71. The summed E-state index contributed by atoms with van der Waals surface area (Å²) in [4.78, 5) is 12.2. The van der Waals surface area contributed by atoms with Gasteiger partial charge in [-0.25, -0.2) is 0 Å². The first-order chi connectivity index (χ1) is 9.38. The fourth-order valence-corrected chi connectivity index (χ4v) is 2.10. The van der Waals surface area contributed by atoms with Crippen LogP contribution < -0.4 is 11.1 Å². The van der Waals surface area contributed by atoms with Crippen molar-refractivity contribution in [2.24, 2.45) is 0 Å². The Morgan fingerprint density at radius 2 is 1.75 bits per heavy atom. The van der Waals surface area contributed by atoms with E-state index in [0.29, 0.717) is 16.3 Å². The van der Waals surface area contributed by atoms with Crippen molar-refractivity contribution in [1.29, 1.82) is 0 Å². The van der Waals surface area contributed by atoms with Crippen molar-refractivity contribution in [3.63, 3.8) is 0 Å². The van der Waals surface area contributed by atoms with Gasteiger partial charge in [-0.05, 0) is 61.7 Å². The molecule has 0 saturated carbocycles. The highest BCUT2D eigenvalue weighted by Crippen LogP contribution is 2.23. The summed E-state index contributed by atoms with van der Waals surface area (Å²) < 4.78 is 0. The fraction of sp³-hybridized carbons (Fsp3) is 0.188. The van der Waals surface area contributed by atoms with E-state index >= 15 is 0 Å². The molecule has 0 radical (unpaired) electrons. The maximum atomic E-state index is 12.2. The second kappa shape index (κ2) is 5.55. The molecule has 20 heavy (non-hydrogen) atoms. The van der Waals surface area contributed by atoms with E-state index in [1.807, 2.05) is 26.8 Å². The molecule has 0 bridgehead atoms. The van der Waals surface area contributed by atoms with Crippen LogP contribution in [0.1, 0.15) is 27.0 Å². The maximum absolute atomic E-state index is 12.2. The van der Waals surface area contributed by atoms with Gasteiger partial charge in [0.25, 0.3) is 5.91 Å². The molecule has 0 aliphatic rings. The summed E-state index contributed by atoms with van der Waals surface area (Å²) in [6.07, 6.45) is 0. The lowest BCUT2D eigenvalue weighted by Gasteiger charge is -2.11. The van der Waals surface area contributed by atoms with E-state index in [-0.39, 0.29) is 5.91 Å². The lowest BCUT2D eigenvalue weighted by atomic mass is 10.1. The van der Waals surface area contributed by atoms with Gasteiger partial charge < -0.3 is 11.1 Å². The Morgan fingerprint density at radius 3 is 2.40 bits per heavy atom. The summed E-state index contributed by atoms with van der Waals surface area (Å²) in [6, 6.07) is 8.94. The van der Waals surface area contributed by atoms with E-state index in [1.165, 1.54) is 0 Å². The molecule has 3 N–H and O–H groups in total. The van der Waals surface area contributed by atoms with Crippen LogP contribution in [0.3, 0.4) is 0 Å². The SMILES string of the molecule is Cc1cc(C)c(NC(=O)c2ccc(Cl)c(C)c2)cc1N. The average Bonchev–Trinajstić information content (AvgIpc) is 2.39. The Bertz CT molecular complexity index is 680. The second-order valence-corrected chi connectivity index (χ2v) is 5.35. The minimum Gasteiger partial charge on any atom is -0.398 e. The third kappa shape index (κ3) is 2.94. The van der Waals surface area contributed by atoms with Crippen LogP contribution in [0.2, 0.25) is 5.02 Å². The van der Waals surface area contributed by atoms with Gasteiger partial charge in [0, 0.05) is 22.0 Å². The van der Waals surface area contributed by atoms with Crippen LogP contribution in [0.15, 0.2) is 30.3 Å². The molecule has 0 aliphatic heterocycles. The van der Waals surface area contributed by atoms with E-state index in [1.54, 1.807) is 24.3 Å². The van der Waals surface area contributed by atoms with Gasteiger partial charge in [0.15, 0.2) is 0 Å². The molecule has 2 aromatic rings. The molecule has 0 aromatic heterocycles. The number of aryl methyl sites for hydroxylation is 3. The third-order valence-electron chi connectivity index (χ3n) is 3.28. The molecule has 0 unspecified atom stereocenters. The number of nitrogens with two attached hydrogens (primary N) is 1. The molecule has 0 aliphatic carbocycles. The minimum atomic E-state index is -0.170. The summed E-state index contributed by atoms with van der Waals surface area (Å²) in [5, 5.41) is 3.53. The Labute approximate surface area is 123 Å². The average molecular weight is 289 g/mol. The predicted octanol–water partition coefficient (Wildman–Crippen LogP) is 4.10. The van der Waals surface area contributed by atoms with Crippen molar-refractivity contribution in [3.05, 3.63) is 57.6 Å². The molecule has 4 heteroatoms. The standard InChI is InChI=1S/C16H17ClN2O/c1-9-7-12(4-5-13(9)17)16(20)19-15-8-14(18)10(2)6-11(15)3/h4-8H,18H2,1-3H3,(H,19,20). The molecule has 0 spiro atoms. The number of carbonyl (C=O) groups excluding carboxylic acids is 1.